The van der Waals surface area contributed by atoms with Gasteiger partial charge in [-0.2, -0.15) is 0 Å². The van der Waals surface area contributed by atoms with Gasteiger partial charge in [0.1, 0.15) is 5.82 Å². The Hall–Kier alpha value is -2.39. The van der Waals surface area contributed by atoms with Gasteiger partial charge in [0.05, 0.1) is 0 Å². The number of aryl methyl sites for hydroxylation is 1. The van der Waals surface area contributed by atoms with Crippen LogP contribution in [0.4, 0.5) is 11.5 Å². The van der Waals surface area contributed by atoms with Crippen LogP contribution in [-0.4, -0.2) is 12.0 Å². The Morgan fingerprint density at radius 1 is 0.909 bits per heavy atom. The van der Waals surface area contributed by atoms with E-state index in [-0.39, 0.29) is 0 Å². The second-order valence-electron chi connectivity index (χ2n) is 5.53. The van der Waals surface area contributed by atoms with Crippen molar-refractivity contribution < 1.29 is 0 Å². The first-order chi connectivity index (χ1) is 10.7. The van der Waals surface area contributed by atoms with E-state index in [0.717, 1.165) is 11.5 Å². The molecule has 0 aliphatic carbocycles. The van der Waals surface area contributed by atoms with Gasteiger partial charge in [-0.25, -0.2) is 4.98 Å². The first-order valence-electron chi connectivity index (χ1n) is 7.30. The summed E-state index contributed by atoms with van der Waals surface area (Å²) in [6.07, 6.45) is 1.83. The van der Waals surface area contributed by atoms with Crippen molar-refractivity contribution in [3.05, 3.63) is 66.4 Å². The van der Waals surface area contributed by atoms with Crippen LogP contribution in [0.2, 0.25) is 0 Å². The number of hydrogen-bond donors (Lipinski definition) is 0. The highest BCUT2D eigenvalue weighted by Crippen LogP contribution is 2.37. The Bertz CT molecular complexity index is 957. The Labute approximate surface area is 133 Å². The predicted molar refractivity (Wildman–Crippen MR) is 96.4 cm³/mol. The molecule has 4 aromatic rings. The van der Waals surface area contributed by atoms with Gasteiger partial charge in [0, 0.05) is 39.1 Å². The van der Waals surface area contributed by atoms with Gasteiger partial charge in [0.25, 0.3) is 0 Å². The normalized spacial score (nSPS) is 11.2. The van der Waals surface area contributed by atoms with Crippen LogP contribution < -0.4 is 4.90 Å². The van der Waals surface area contributed by atoms with E-state index in [2.05, 4.69) is 60.3 Å². The van der Waals surface area contributed by atoms with Gasteiger partial charge < -0.3 is 4.90 Å². The van der Waals surface area contributed by atoms with Crippen molar-refractivity contribution in [3.63, 3.8) is 0 Å². The number of hydrogen-bond acceptors (Lipinski definition) is 3. The molecule has 4 rings (SSSR count). The predicted octanol–water partition coefficient (Wildman–Crippen LogP) is 5.53. The summed E-state index contributed by atoms with van der Waals surface area (Å²) in [5, 5.41) is 2.68. The lowest BCUT2D eigenvalue weighted by Crippen LogP contribution is -2.10. The zero-order valence-corrected chi connectivity index (χ0v) is 13.4. The van der Waals surface area contributed by atoms with Crippen LogP contribution in [0, 0.1) is 6.92 Å². The maximum Gasteiger partial charge on any atom is 0.132 e. The highest BCUT2D eigenvalue weighted by Gasteiger charge is 2.09. The summed E-state index contributed by atoms with van der Waals surface area (Å²) in [6, 6.07) is 19.3. The highest BCUT2D eigenvalue weighted by molar-refractivity contribution is 7.25. The van der Waals surface area contributed by atoms with Crippen LogP contribution in [0.25, 0.3) is 20.2 Å². The molecule has 22 heavy (non-hydrogen) atoms. The summed E-state index contributed by atoms with van der Waals surface area (Å²) in [5.74, 6) is 0.957. The van der Waals surface area contributed by atoms with Crippen LogP contribution in [-0.2, 0) is 0 Å². The van der Waals surface area contributed by atoms with Crippen LogP contribution in [0.15, 0.2) is 60.8 Å². The number of aromatic nitrogens is 1. The number of nitrogens with zero attached hydrogens (tertiary/aromatic N) is 2. The van der Waals surface area contributed by atoms with Crippen molar-refractivity contribution >= 4 is 43.0 Å². The molecule has 0 saturated carbocycles. The van der Waals surface area contributed by atoms with Crippen molar-refractivity contribution in [3.8, 4) is 0 Å². The topological polar surface area (TPSA) is 16.1 Å². The first kappa shape index (κ1) is 13.3. The molecule has 3 heteroatoms. The molecule has 0 spiro atoms. The fraction of sp³-hybridized carbons (Fsp3) is 0.105. The van der Waals surface area contributed by atoms with Gasteiger partial charge in [-0.15, -0.1) is 11.3 Å². The molecule has 0 atom stereocenters. The van der Waals surface area contributed by atoms with Crippen LogP contribution in [0.1, 0.15) is 5.56 Å². The monoisotopic (exact) mass is 304 g/mol. The van der Waals surface area contributed by atoms with Gasteiger partial charge in [0.15, 0.2) is 0 Å². The average Bonchev–Trinajstić information content (AvgIpc) is 2.91. The Morgan fingerprint density at radius 2 is 1.68 bits per heavy atom. The Balaban J connectivity index is 1.85. The lowest BCUT2D eigenvalue weighted by atomic mass is 10.1. The fourth-order valence-electron chi connectivity index (χ4n) is 2.77. The molecular weight excluding hydrogens is 288 g/mol. The van der Waals surface area contributed by atoms with E-state index in [4.69, 9.17) is 0 Å². The van der Waals surface area contributed by atoms with Crippen LogP contribution in [0.3, 0.4) is 0 Å². The summed E-state index contributed by atoms with van der Waals surface area (Å²) in [7, 11) is 2.06. The summed E-state index contributed by atoms with van der Waals surface area (Å²) in [5.41, 5.74) is 2.47. The standard InChI is InChI=1S/C19H16N2S/c1-13-6-8-15-16-9-7-14(12-18(16)22-17(15)11-13)21(2)19-5-3-4-10-20-19/h3-12H,1-2H3. The first-order valence-corrected chi connectivity index (χ1v) is 8.12. The number of benzene rings is 2. The van der Waals surface area contributed by atoms with Crippen molar-refractivity contribution in [1.29, 1.82) is 0 Å². The maximum atomic E-state index is 4.42. The molecule has 0 N–H and O–H groups in total. The summed E-state index contributed by atoms with van der Waals surface area (Å²) >= 11 is 1.86. The number of fused-ring (bicyclic) bond motifs is 3. The van der Waals surface area contributed by atoms with E-state index in [0.29, 0.717) is 0 Å². The van der Waals surface area contributed by atoms with Crippen LogP contribution >= 0.6 is 11.3 Å². The zero-order chi connectivity index (χ0) is 15.1. The minimum Gasteiger partial charge on any atom is -0.329 e. The van der Waals surface area contributed by atoms with Crippen molar-refractivity contribution in [2.45, 2.75) is 6.92 Å². The van der Waals surface area contributed by atoms with Crippen molar-refractivity contribution in [2.75, 3.05) is 11.9 Å². The number of thiophene rings is 1. The number of rotatable bonds is 2. The van der Waals surface area contributed by atoms with Gasteiger partial charge in [-0.05, 0) is 42.8 Å². The minimum atomic E-state index is 0.957. The zero-order valence-electron chi connectivity index (χ0n) is 12.6. The molecule has 2 nitrogen and oxygen atoms in total. The molecule has 2 aromatic carbocycles. The average molecular weight is 304 g/mol. The fourth-order valence-corrected chi connectivity index (χ4v) is 4.00. The Morgan fingerprint density at radius 3 is 2.45 bits per heavy atom. The van der Waals surface area contributed by atoms with E-state index in [1.54, 1.807) is 0 Å². The largest absolute Gasteiger partial charge is 0.329 e. The summed E-state index contributed by atoms with van der Waals surface area (Å²) in [4.78, 5) is 6.54. The van der Waals surface area contributed by atoms with Crippen molar-refractivity contribution in [1.82, 2.24) is 4.98 Å². The SMILES string of the molecule is Cc1ccc2c(c1)sc1cc(N(C)c3ccccn3)ccc12. The molecule has 108 valence electrons. The van der Waals surface area contributed by atoms with Gasteiger partial charge in [-0.3, -0.25) is 0 Å². The molecule has 0 unspecified atom stereocenters. The lowest BCUT2D eigenvalue weighted by Gasteiger charge is -2.18. The summed E-state index contributed by atoms with van der Waals surface area (Å²) < 4.78 is 2.67. The molecular formula is C19H16N2S. The van der Waals surface area contributed by atoms with Gasteiger partial charge in [0.2, 0.25) is 0 Å². The second-order valence-corrected chi connectivity index (χ2v) is 6.61. The van der Waals surface area contributed by atoms with Gasteiger partial charge in [-0.1, -0.05) is 24.3 Å². The van der Waals surface area contributed by atoms with Gasteiger partial charge >= 0.3 is 0 Å². The summed E-state index contributed by atoms with van der Waals surface area (Å²) in [6.45, 7) is 2.14. The number of anilines is 2. The van der Waals surface area contributed by atoms with E-state index in [1.165, 1.54) is 25.7 Å². The molecule has 0 radical (unpaired) electrons. The molecule has 2 heterocycles. The highest BCUT2D eigenvalue weighted by atomic mass is 32.1. The molecule has 2 aromatic heterocycles. The third kappa shape index (κ3) is 2.14. The van der Waals surface area contributed by atoms with E-state index in [1.807, 2.05) is 35.7 Å². The van der Waals surface area contributed by atoms with Crippen LogP contribution in [0.5, 0.6) is 0 Å². The molecule has 0 fully saturated rings. The molecule has 0 aliphatic rings. The van der Waals surface area contributed by atoms with E-state index in [9.17, 15) is 0 Å². The molecule has 0 bridgehead atoms. The van der Waals surface area contributed by atoms with E-state index < -0.39 is 0 Å². The third-order valence-electron chi connectivity index (χ3n) is 3.99. The number of pyridine rings is 1. The third-order valence-corrected chi connectivity index (χ3v) is 5.11. The van der Waals surface area contributed by atoms with Crippen molar-refractivity contribution in [2.24, 2.45) is 0 Å². The molecule has 0 amide bonds. The molecule has 0 aliphatic heterocycles. The quantitative estimate of drug-likeness (QED) is 0.484. The lowest BCUT2D eigenvalue weighted by molar-refractivity contribution is 1.13. The smallest absolute Gasteiger partial charge is 0.132 e. The maximum absolute atomic E-state index is 4.42. The van der Waals surface area contributed by atoms with E-state index >= 15 is 0 Å². The minimum absolute atomic E-state index is 0.957. The second kappa shape index (κ2) is 5.11. The molecule has 0 saturated heterocycles. The Kier molecular flexibility index (Phi) is 3.09.